The predicted octanol–water partition coefficient (Wildman–Crippen LogP) is 2.14. The van der Waals surface area contributed by atoms with Gasteiger partial charge >= 0.3 is 5.97 Å². The van der Waals surface area contributed by atoms with Crippen LogP contribution in [0.1, 0.15) is 53.5 Å². The van der Waals surface area contributed by atoms with E-state index in [4.69, 9.17) is 5.11 Å². The summed E-state index contributed by atoms with van der Waals surface area (Å²) in [6, 6.07) is 0. The number of aryl methyl sites for hydroxylation is 1. The van der Waals surface area contributed by atoms with Crippen LogP contribution in [0.4, 0.5) is 0 Å². The number of carboxylic acids is 1. The highest BCUT2D eigenvalue weighted by Crippen LogP contribution is 2.34. The second kappa shape index (κ2) is 3.96. The fraction of sp³-hybridized carbons (Fsp3) is 0.545. The highest BCUT2D eigenvalue weighted by Gasteiger charge is 2.24. The van der Waals surface area contributed by atoms with Gasteiger partial charge in [0.2, 0.25) is 0 Å². The zero-order valence-corrected chi connectivity index (χ0v) is 8.73. The van der Waals surface area contributed by atoms with Gasteiger partial charge in [-0.2, -0.15) is 0 Å². The van der Waals surface area contributed by atoms with Crippen molar-refractivity contribution in [3.05, 3.63) is 23.3 Å². The predicted molar refractivity (Wildman–Crippen MR) is 54.9 cm³/mol. The van der Waals surface area contributed by atoms with Gasteiger partial charge in [0, 0.05) is 12.1 Å². The van der Waals surface area contributed by atoms with Gasteiger partial charge in [-0.3, -0.25) is 0 Å². The van der Waals surface area contributed by atoms with Gasteiger partial charge in [0.25, 0.3) is 0 Å². The molecule has 15 heavy (non-hydrogen) atoms. The SMILES string of the molecule is Cc1ncc(C(=O)O)c(C2CCCC2)n1. The summed E-state index contributed by atoms with van der Waals surface area (Å²) in [6.45, 7) is 1.80. The molecule has 0 saturated heterocycles. The molecule has 0 radical (unpaired) electrons. The van der Waals surface area contributed by atoms with E-state index in [0.29, 0.717) is 11.7 Å². The number of aromatic nitrogens is 2. The molecule has 4 heteroatoms. The molecule has 1 aromatic rings. The standard InChI is InChI=1S/C11H14N2O2/c1-7-12-6-9(11(14)15)10(13-7)8-4-2-3-5-8/h6,8H,2-5H2,1H3,(H,14,15). The topological polar surface area (TPSA) is 63.1 Å². The molecule has 1 heterocycles. The van der Waals surface area contributed by atoms with Crippen molar-refractivity contribution in [3.63, 3.8) is 0 Å². The number of carboxylic acid groups (broad SMARTS) is 1. The zero-order valence-electron chi connectivity index (χ0n) is 8.73. The summed E-state index contributed by atoms with van der Waals surface area (Å²) in [5, 5.41) is 9.04. The van der Waals surface area contributed by atoms with Crippen molar-refractivity contribution in [1.29, 1.82) is 0 Å². The average Bonchev–Trinajstić information content (AvgIpc) is 2.69. The number of aromatic carboxylic acids is 1. The lowest BCUT2D eigenvalue weighted by Crippen LogP contribution is -2.10. The van der Waals surface area contributed by atoms with Crippen molar-refractivity contribution >= 4 is 5.97 Å². The Morgan fingerprint density at radius 2 is 2.13 bits per heavy atom. The molecule has 1 fully saturated rings. The maximum Gasteiger partial charge on any atom is 0.339 e. The highest BCUT2D eigenvalue weighted by atomic mass is 16.4. The number of rotatable bonds is 2. The normalized spacial score (nSPS) is 16.9. The smallest absolute Gasteiger partial charge is 0.339 e. The third-order valence-corrected chi connectivity index (χ3v) is 2.91. The van der Waals surface area contributed by atoms with Crippen LogP contribution in [0.2, 0.25) is 0 Å². The van der Waals surface area contributed by atoms with Crippen LogP contribution in [0, 0.1) is 6.92 Å². The lowest BCUT2D eigenvalue weighted by atomic mass is 9.99. The van der Waals surface area contributed by atoms with Crippen molar-refractivity contribution in [1.82, 2.24) is 9.97 Å². The van der Waals surface area contributed by atoms with Gasteiger partial charge in [0.05, 0.1) is 11.3 Å². The van der Waals surface area contributed by atoms with Crippen molar-refractivity contribution < 1.29 is 9.90 Å². The fourth-order valence-corrected chi connectivity index (χ4v) is 2.16. The Morgan fingerprint density at radius 1 is 1.47 bits per heavy atom. The van der Waals surface area contributed by atoms with E-state index >= 15 is 0 Å². The first-order valence-corrected chi connectivity index (χ1v) is 5.25. The first kappa shape index (κ1) is 10.1. The number of carbonyl (C=O) groups is 1. The summed E-state index contributed by atoms with van der Waals surface area (Å²) < 4.78 is 0. The van der Waals surface area contributed by atoms with E-state index in [1.54, 1.807) is 6.92 Å². The molecule has 1 saturated carbocycles. The molecule has 1 aromatic heterocycles. The van der Waals surface area contributed by atoms with E-state index in [0.717, 1.165) is 18.5 Å². The lowest BCUT2D eigenvalue weighted by Gasteiger charge is -2.11. The van der Waals surface area contributed by atoms with Crippen molar-refractivity contribution in [2.45, 2.75) is 38.5 Å². The largest absolute Gasteiger partial charge is 0.478 e. The summed E-state index contributed by atoms with van der Waals surface area (Å²) >= 11 is 0. The van der Waals surface area contributed by atoms with E-state index in [1.165, 1.54) is 19.0 Å². The van der Waals surface area contributed by atoms with Gasteiger partial charge < -0.3 is 5.11 Å². The Balaban J connectivity index is 2.41. The highest BCUT2D eigenvalue weighted by molar-refractivity contribution is 5.88. The first-order chi connectivity index (χ1) is 7.18. The quantitative estimate of drug-likeness (QED) is 0.805. The summed E-state index contributed by atoms with van der Waals surface area (Å²) in [7, 11) is 0. The summed E-state index contributed by atoms with van der Waals surface area (Å²) in [4.78, 5) is 19.2. The van der Waals surface area contributed by atoms with Gasteiger partial charge in [-0.05, 0) is 19.8 Å². The molecule has 0 unspecified atom stereocenters. The Kier molecular flexibility index (Phi) is 2.66. The second-order valence-electron chi connectivity index (χ2n) is 4.00. The van der Waals surface area contributed by atoms with E-state index in [-0.39, 0.29) is 5.56 Å². The van der Waals surface area contributed by atoms with Crippen LogP contribution in [-0.2, 0) is 0 Å². The third-order valence-electron chi connectivity index (χ3n) is 2.91. The molecule has 0 amide bonds. The summed E-state index contributed by atoms with van der Waals surface area (Å²) in [6.07, 6.45) is 5.88. The van der Waals surface area contributed by atoms with Gasteiger partial charge in [-0.25, -0.2) is 14.8 Å². The van der Waals surface area contributed by atoms with Gasteiger partial charge in [-0.15, -0.1) is 0 Å². The Hall–Kier alpha value is -1.45. The first-order valence-electron chi connectivity index (χ1n) is 5.25. The van der Waals surface area contributed by atoms with Crippen LogP contribution in [0.5, 0.6) is 0 Å². The zero-order chi connectivity index (χ0) is 10.8. The van der Waals surface area contributed by atoms with E-state index in [9.17, 15) is 4.79 Å². The van der Waals surface area contributed by atoms with Crippen LogP contribution in [0.25, 0.3) is 0 Å². The molecule has 0 atom stereocenters. The summed E-state index contributed by atoms with van der Waals surface area (Å²) in [5.41, 5.74) is 1.00. The van der Waals surface area contributed by atoms with Crippen molar-refractivity contribution in [2.24, 2.45) is 0 Å². The van der Waals surface area contributed by atoms with Crippen molar-refractivity contribution in [3.8, 4) is 0 Å². The minimum atomic E-state index is -0.920. The minimum Gasteiger partial charge on any atom is -0.478 e. The molecule has 1 N–H and O–H groups in total. The van der Waals surface area contributed by atoms with Crippen LogP contribution in [0.15, 0.2) is 6.20 Å². The lowest BCUT2D eigenvalue weighted by molar-refractivity contribution is 0.0694. The molecule has 0 spiro atoms. The molecule has 2 rings (SSSR count). The molecule has 0 aromatic carbocycles. The maximum atomic E-state index is 11.0. The third kappa shape index (κ3) is 1.98. The van der Waals surface area contributed by atoms with Crippen LogP contribution in [0.3, 0.4) is 0 Å². The number of hydrogen-bond acceptors (Lipinski definition) is 3. The van der Waals surface area contributed by atoms with Crippen LogP contribution >= 0.6 is 0 Å². The number of nitrogens with zero attached hydrogens (tertiary/aromatic N) is 2. The molecular formula is C11H14N2O2. The van der Waals surface area contributed by atoms with E-state index in [1.807, 2.05) is 0 Å². The molecule has 1 aliphatic rings. The Labute approximate surface area is 88.4 Å². The molecule has 80 valence electrons. The van der Waals surface area contributed by atoms with E-state index < -0.39 is 5.97 Å². The molecule has 0 aliphatic heterocycles. The molecule has 4 nitrogen and oxygen atoms in total. The number of hydrogen-bond donors (Lipinski definition) is 1. The molecule has 1 aliphatic carbocycles. The minimum absolute atomic E-state index is 0.271. The second-order valence-corrected chi connectivity index (χ2v) is 4.00. The summed E-state index contributed by atoms with van der Waals surface area (Å²) in [5.74, 6) is 0.0524. The van der Waals surface area contributed by atoms with Gasteiger partial charge in [-0.1, -0.05) is 12.8 Å². The van der Waals surface area contributed by atoms with Crippen LogP contribution < -0.4 is 0 Å². The van der Waals surface area contributed by atoms with Crippen molar-refractivity contribution in [2.75, 3.05) is 0 Å². The maximum absolute atomic E-state index is 11.0. The molecular weight excluding hydrogens is 192 g/mol. The van der Waals surface area contributed by atoms with E-state index in [2.05, 4.69) is 9.97 Å². The van der Waals surface area contributed by atoms with Gasteiger partial charge in [0.15, 0.2) is 0 Å². The van der Waals surface area contributed by atoms with Gasteiger partial charge in [0.1, 0.15) is 5.82 Å². The Morgan fingerprint density at radius 3 is 2.73 bits per heavy atom. The molecule has 0 bridgehead atoms. The van der Waals surface area contributed by atoms with Crippen LogP contribution in [-0.4, -0.2) is 21.0 Å². The Bertz CT molecular complexity index is 384. The monoisotopic (exact) mass is 206 g/mol. The fourth-order valence-electron chi connectivity index (χ4n) is 2.16. The average molecular weight is 206 g/mol.